The first kappa shape index (κ1) is 16.9. The molecule has 0 aromatic rings. The van der Waals surface area contributed by atoms with Gasteiger partial charge in [-0.05, 0) is 37.9 Å². The van der Waals surface area contributed by atoms with Crippen LogP contribution in [0.25, 0.3) is 0 Å². The minimum atomic E-state index is -0.408. The lowest BCUT2D eigenvalue weighted by Crippen LogP contribution is -2.42. The Morgan fingerprint density at radius 3 is 2.65 bits per heavy atom. The highest BCUT2D eigenvalue weighted by Crippen LogP contribution is 2.30. The molecule has 1 aliphatic rings. The molecule has 1 aliphatic heterocycles. The summed E-state index contributed by atoms with van der Waals surface area (Å²) in [7, 11) is 3.66. The van der Waals surface area contributed by atoms with Gasteiger partial charge in [-0.2, -0.15) is 0 Å². The molecule has 0 amide bonds. The first-order valence-corrected chi connectivity index (χ1v) is 8.06. The molecule has 2 atom stereocenters. The quantitative estimate of drug-likeness (QED) is 0.262. The molecule has 1 saturated heterocycles. The molecule has 0 aliphatic carbocycles. The van der Waals surface area contributed by atoms with Crippen molar-refractivity contribution in [2.75, 3.05) is 33.9 Å². The van der Waals surface area contributed by atoms with Crippen molar-refractivity contribution in [2.45, 2.75) is 18.9 Å². The highest BCUT2D eigenvalue weighted by Gasteiger charge is 2.32. The van der Waals surface area contributed by atoms with Gasteiger partial charge in [0, 0.05) is 19.8 Å². The van der Waals surface area contributed by atoms with Gasteiger partial charge in [0.2, 0.25) is 0 Å². The maximum atomic E-state index is 12.0. The Bertz CT molecular complexity index is 426. The molecule has 0 bridgehead atoms. The van der Waals surface area contributed by atoms with Crippen molar-refractivity contribution in [1.82, 2.24) is 10.2 Å². The highest BCUT2D eigenvalue weighted by atomic mass is 31.1. The predicted molar refractivity (Wildman–Crippen MR) is 82.1 cm³/mol. The van der Waals surface area contributed by atoms with E-state index < -0.39 is 5.97 Å². The smallest absolute Gasteiger partial charge is 0.339 e. The number of nitrogens with zero attached hydrogens (tertiary/aromatic N) is 1. The molecule has 0 spiro atoms. The maximum Gasteiger partial charge on any atom is 0.339 e. The lowest BCUT2D eigenvalue weighted by atomic mass is 10.00. The van der Waals surface area contributed by atoms with Crippen LogP contribution in [0.3, 0.4) is 0 Å². The molecule has 112 valence electrons. The minimum Gasteiger partial charge on any atom is -0.465 e. The number of hydrogen-bond donors (Lipinski definition) is 1. The lowest BCUT2D eigenvalue weighted by Gasteiger charge is -2.34. The minimum absolute atomic E-state index is 0.0254. The summed E-state index contributed by atoms with van der Waals surface area (Å²) in [4.78, 5) is 24.7. The van der Waals surface area contributed by atoms with Gasteiger partial charge < -0.3 is 15.0 Å². The van der Waals surface area contributed by atoms with Crippen molar-refractivity contribution in [3.63, 3.8) is 0 Å². The number of allylic oxidation sites excluding steroid dienone is 1. The van der Waals surface area contributed by atoms with Crippen LogP contribution in [-0.2, 0) is 14.3 Å². The zero-order valence-corrected chi connectivity index (χ0v) is 13.5. The lowest BCUT2D eigenvalue weighted by molar-refractivity contribution is -0.135. The molecule has 5 nitrogen and oxygen atoms in total. The van der Waals surface area contributed by atoms with Crippen LogP contribution in [0.5, 0.6) is 0 Å². The van der Waals surface area contributed by atoms with Crippen LogP contribution in [0.1, 0.15) is 13.3 Å². The molecule has 0 saturated carbocycles. The summed E-state index contributed by atoms with van der Waals surface area (Å²) in [5, 5.41) is 4.04. The Morgan fingerprint density at radius 2 is 2.20 bits per heavy atom. The molecule has 20 heavy (non-hydrogen) atoms. The highest BCUT2D eigenvalue weighted by molar-refractivity contribution is 7.42. The molecular formula is C14H23N2O3P. The first-order chi connectivity index (χ1) is 9.48. The molecule has 1 N–H and O–H groups in total. The van der Waals surface area contributed by atoms with E-state index in [1.165, 1.54) is 13.2 Å². The van der Waals surface area contributed by atoms with Crippen LogP contribution in [0, 0.1) is 0 Å². The number of rotatable bonds is 6. The van der Waals surface area contributed by atoms with E-state index in [1.54, 1.807) is 6.20 Å². The number of carbonyl (C=O) groups excluding carboxylic acids is 2. The van der Waals surface area contributed by atoms with Crippen molar-refractivity contribution >= 4 is 20.8 Å². The third kappa shape index (κ3) is 3.90. The predicted octanol–water partition coefficient (Wildman–Crippen LogP) is 1.12. The zero-order valence-electron chi connectivity index (χ0n) is 12.5. The first-order valence-electron chi connectivity index (χ1n) is 6.56. The Kier molecular flexibility index (Phi) is 6.37. The molecule has 1 rings (SSSR count). The third-order valence-corrected chi connectivity index (χ3v) is 4.69. The molecule has 1 fully saturated rings. The van der Waals surface area contributed by atoms with Crippen molar-refractivity contribution in [3.05, 3.63) is 23.2 Å². The Balaban J connectivity index is 3.09. The van der Waals surface area contributed by atoms with Gasteiger partial charge in [-0.1, -0.05) is 8.58 Å². The maximum absolute atomic E-state index is 12.0. The second kappa shape index (κ2) is 7.55. The Hall–Kier alpha value is -1.19. The monoisotopic (exact) mass is 298 g/mol. The molecule has 1 heterocycles. The number of nitrogens with one attached hydrogen (secondary N) is 1. The number of hydrogen-bond acceptors (Lipinski definition) is 5. The molecule has 2 unspecified atom stereocenters. The molecular weight excluding hydrogens is 275 g/mol. The third-order valence-electron chi connectivity index (χ3n) is 3.72. The van der Waals surface area contributed by atoms with E-state index in [4.69, 9.17) is 4.74 Å². The van der Waals surface area contributed by atoms with Gasteiger partial charge in [0.1, 0.15) is 6.29 Å². The number of carbonyl (C=O) groups is 2. The van der Waals surface area contributed by atoms with Crippen molar-refractivity contribution < 1.29 is 14.3 Å². The summed E-state index contributed by atoms with van der Waals surface area (Å²) in [5.41, 5.74) is 0.429. The topological polar surface area (TPSA) is 58.6 Å². The van der Waals surface area contributed by atoms with E-state index in [0.717, 1.165) is 19.5 Å². The average Bonchev–Trinajstić information content (AvgIpc) is 2.89. The molecule has 0 aromatic carbocycles. The summed E-state index contributed by atoms with van der Waals surface area (Å²) >= 11 is 0. The van der Waals surface area contributed by atoms with E-state index >= 15 is 0 Å². The van der Waals surface area contributed by atoms with Crippen molar-refractivity contribution in [2.24, 2.45) is 0 Å². The van der Waals surface area contributed by atoms with Gasteiger partial charge >= 0.3 is 5.97 Å². The SMILES string of the molecule is COC(=O)C(=C/N(C)C1(C)CCNC1)/C(=C\C=O)PC. The fourth-order valence-electron chi connectivity index (χ4n) is 2.17. The fraction of sp³-hybridized carbons (Fsp3) is 0.571. The van der Waals surface area contributed by atoms with E-state index in [2.05, 4.69) is 12.2 Å². The van der Waals surface area contributed by atoms with Gasteiger partial charge in [-0.15, -0.1) is 0 Å². The number of aldehydes is 1. The normalized spacial score (nSPS) is 24.2. The number of ether oxygens (including phenoxy) is 1. The van der Waals surface area contributed by atoms with E-state index in [9.17, 15) is 9.59 Å². The Labute approximate surface area is 122 Å². The van der Waals surface area contributed by atoms with Gasteiger partial charge in [-0.3, -0.25) is 4.79 Å². The second-order valence-electron chi connectivity index (χ2n) is 5.04. The van der Waals surface area contributed by atoms with E-state index in [1.807, 2.05) is 18.6 Å². The van der Waals surface area contributed by atoms with Crippen LogP contribution in [-0.4, -0.2) is 56.6 Å². The summed E-state index contributed by atoms with van der Waals surface area (Å²) in [6.07, 6.45) is 4.95. The fourth-order valence-corrected chi connectivity index (χ4v) is 2.84. The number of esters is 1. The van der Waals surface area contributed by atoms with Crippen molar-refractivity contribution in [3.8, 4) is 0 Å². The standard InChI is InChI=1S/C14H23N2O3P/c1-14(6-7-15-10-14)16(2)9-11(13(18)19-3)12(20-4)5-8-17/h5,8-9,15,20H,6-7,10H2,1-4H3/b11-9+,12-5+. The second-order valence-corrected chi connectivity index (χ2v) is 6.07. The largest absolute Gasteiger partial charge is 0.465 e. The van der Waals surface area contributed by atoms with Gasteiger partial charge in [-0.25, -0.2) is 4.79 Å². The van der Waals surface area contributed by atoms with E-state index in [0.29, 0.717) is 25.8 Å². The summed E-state index contributed by atoms with van der Waals surface area (Å²) in [6, 6.07) is 0. The van der Waals surface area contributed by atoms with Crippen LogP contribution < -0.4 is 5.32 Å². The average molecular weight is 298 g/mol. The summed E-state index contributed by atoms with van der Waals surface area (Å²) in [5.74, 6) is -0.408. The Morgan fingerprint density at radius 1 is 1.50 bits per heavy atom. The van der Waals surface area contributed by atoms with E-state index in [-0.39, 0.29) is 5.54 Å². The van der Waals surface area contributed by atoms with Crippen LogP contribution in [0.4, 0.5) is 0 Å². The van der Waals surface area contributed by atoms with Gasteiger partial charge in [0.05, 0.1) is 18.2 Å². The van der Waals surface area contributed by atoms with Crippen LogP contribution >= 0.6 is 8.58 Å². The molecule has 0 aromatic heterocycles. The van der Waals surface area contributed by atoms with Crippen molar-refractivity contribution in [1.29, 1.82) is 0 Å². The van der Waals surface area contributed by atoms with Gasteiger partial charge in [0.25, 0.3) is 0 Å². The molecule has 0 radical (unpaired) electrons. The zero-order chi connectivity index (χ0) is 15.2. The van der Waals surface area contributed by atoms with Gasteiger partial charge in [0.15, 0.2) is 0 Å². The summed E-state index contributed by atoms with van der Waals surface area (Å²) in [6.45, 7) is 5.92. The molecule has 6 heteroatoms. The van der Waals surface area contributed by atoms with Crippen LogP contribution in [0.2, 0.25) is 0 Å². The summed E-state index contributed by atoms with van der Waals surface area (Å²) < 4.78 is 4.84. The number of methoxy groups -OCH3 is 1. The number of likely N-dealkylation sites (N-methyl/N-ethyl adjacent to an activating group) is 1. The van der Waals surface area contributed by atoms with Crippen LogP contribution in [0.15, 0.2) is 23.2 Å².